The van der Waals surface area contributed by atoms with E-state index in [0.717, 1.165) is 23.4 Å². The molecule has 0 bridgehead atoms. The second kappa shape index (κ2) is 8.11. The van der Waals surface area contributed by atoms with Gasteiger partial charge in [-0.3, -0.25) is 19.9 Å². The second-order valence-electron chi connectivity index (χ2n) is 5.16. The summed E-state index contributed by atoms with van der Waals surface area (Å²) >= 11 is 1.42. The Morgan fingerprint density at radius 3 is 2.57 bits per heavy atom. The first-order valence-electron chi connectivity index (χ1n) is 6.91. The highest BCUT2D eigenvalue weighted by molar-refractivity contribution is 7.14. The summed E-state index contributed by atoms with van der Waals surface area (Å²) in [5.41, 5.74) is 3.21. The number of hydrazine groups is 1. The number of nitrogen functional groups attached to an aromatic ring is 1. The van der Waals surface area contributed by atoms with E-state index in [-0.39, 0.29) is 11.8 Å². The lowest BCUT2D eigenvalue weighted by Gasteiger charge is -2.23. The van der Waals surface area contributed by atoms with Crippen LogP contribution < -0.4 is 11.3 Å². The van der Waals surface area contributed by atoms with Crippen molar-refractivity contribution in [3.05, 3.63) is 21.4 Å². The number of likely N-dealkylation sites (N-methyl/N-ethyl adjacent to an activating group) is 1. The molecule has 21 heavy (non-hydrogen) atoms. The number of hydrogen-bond acceptors (Lipinski definition) is 5. The van der Waals surface area contributed by atoms with Gasteiger partial charge in [-0.2, -0.15) is 0 Å². The van der Waals surface area contributed by atoms with E-state index in [0.29, 0.717) is 18.0 Å². The van der Waals surface area contributed by atoms with Crippen LogP contribution in [-0.2, 0) is 11.3 Å². The molecular weight excluding hydrogens is 288 g/mol. The lowest BCUT2D eigenvalue weighted by Crippen LogP contribution is -2.36. The van der Waals surface area contributed by atoms with Gasteiger partial charge in [0.2, 0.25) is 5.91 Å². The van der Waals surface area contributed by atoms with E-state index in [2.05, 4.69) is 17.2 Å². The summed E-state index contributed by atoms with van der Waals surface area (Å²) in [7, 11) is 3.51. The number of thiophene rings is 1. The summed E-state index contributed by atoms with van der Waals surface area (Å²) in [6, 6.07) is 1.85. The van der Waals surface area contributed by atoms with Crippen molar-refractivity contribution in [1.82, 2.24) is 15.2 Å². The summed E-state index contributed by atoms with van der Waals surface area (Å²) in [6.07, 6.45) is 0.972. The van der Waals surface area contributed by atoms with Crippen molar-refractivity contribution in [3.63, 3.8) is 0 Å². The van der Waals surface area contributed by atoms with Gasteiger partial charge in [0.25, 0.3) is 5.91 Å². The van der Waals surface area contributed by atoms with E-state index in [1.165, 1.54) is 11.3 Å². The predicted molar refractivity (Wildman–Crippen MR) is 85.0 cm³/mol. The molecule has 0 aliphatic carbocycles. The van der Waals surface area contributed by atoms with Crippen LogP contribution in [0.25, 0.3) is 0 Å². The van der Waals surface area contributed by atoms with E-state index < -0.39 is 0 Å². The molecule has 0 fully saturated rings. The number of carbonyl (C=O) groups is 2. The largest absolute Gasteiger partial charge is 0.348 e. The molecule has 0 atom stereocenters. The van der Waals surface area contributed by atoms with E-state index >= 15 is 0 Å². The quantitative estimate of drug-likeness (QED) is 0.446. The normalized spacial score (nSPS) is 10.8. The van der Waals surface area contributed by atoms with Gasteiger partial charge in [0.05, 0.1) is 11.4 Å². The minimum atomic E-state index is -0.277. The molecule has 7 heteroatoms. The Morgan fingerprint density at radius 1 is 1.38 bits per heavy atom. The molecule has 1 aromatic heterocycles. The minimum Gasteiger partial charge on any atom is -0.348 e. The number of aryl methyl sites for hydroxylation is 1. The Hall–Kier alpha value is -1.44. The molecule has 0 aliphatic heterocycles. The van der Waals surface area contributed by atoms with Crippen molar-refractivity contribution in [3.8, 4) is 0 Å². The molecule has 3 N–H and O–H groups in total. The first-order valence-corrected chi connectivity index (χ1v) is 7.73. The van der Waals surface area contributed by atoms with E-state index in [1.54, 1.807) is 19.0 Å². The van der Waals surface area contributed by atoms with Crippen LogP contribution >= 0.6 is 11.3 Å². The third kappa shape index (κ3) is 5.11. The van der Waals surface area contributed by atoms with E-state index in [9.17, 15) is 9.59 Å². The molecule has 6 nitrogen and oxygen atoms in total. The molecule has 0 aromatic carbocycles. The first kappa shape index (κ1) is 17.6. The average Bonchev–Trinajstić information content (AvgIpc) is 2.79. The predicted octanol–water partition coefficient (Wildman–Crippen LogP) is 0.960. The molecule has 0 radical (unpaired) electrons. The molecule has 1 rings (SSSR count). The summed E-state index contributed by atoms with van der Waals surface area (Å²) in [6.45, 7) is 5.95. The van der Waals surface area contributed by atoms with Gasteiger partial charge in [-0.1, -0.05) is 6.92 Å². The average molecular weight is 312 g/mol. The number of nitrogens with two attached hydrogens (primary N) is 1. The zero-order valence-corrected chi connectivity index (χ0v) is 13.9. The summed E-state index contributed by atoms with van der Waals surface area (Å²) < 4.78 is 0. The first-order chi connectivity index (χ1) is 9.88. The summed E-state index contributed by atoms with van der Waals surface area (Å²) in [4.78, 5) is 28.8. The van der Waals surface area contributed by atoms with Crippen LogP contribution in [0.4, 0.5) is 0 Å². The number of amides is 2. The van der Waals surface area contributed by atoms with Gasteiger partial charge in [0.15, 0.2) is 0 Å². The Balaban J connectivity index is 2.81. The Morgan fingerprint density at radius 2 is 2.05 bits per heavy atom. The zero-order valence-electron chi connectivity index (χ0n) is 13.1. The number of nitrogens with one attached hydrogen (secondary N) is 1. The maximum atomic E-state index is 11.9. The van der Waals surface area contributed by atoms with Crippen molar-refractivity contribution in [2.45, 2.75) is 26.8 Å². The van der Waals surface area contributed by atoms with Crippen molar-refractivity contribution < 1.29 is 9.59 Å². The van der Waals surface area contributed by atoms with Gasteiger partial charge in [0, 0.05) is 25.5 Å². The number of hydrogen-bond donors (Lipinski definition) is 2. The maximum absolute atomic E-state index is 11.9. The smallest absolute Gasteiger partial charge is 0.275 e. The van der Waals surface area contributed by atoms with Crippen LogP contribution in [0.2, 0.25) is 0 Å². The van der Waals surface area contributed by atoms with Crippen molar-refractivity contribution in [2.24, 2.45) is 5.84 Å². The summed E-state index contributed by atoms with van der Waals surface area (Å²) in [5, 5.41) is 0. The fraction of sp³-hybridized carbons (Fsp3) is 0.571. The molecular formula is C14H24N4O2S. The number of nitrogens with zero attached hydrogens (tertiary/aromatic N) is 2. The highest BCUT2D eigenvalue weighted by Gasteiger charge is 2.16. The molecule has 118 valence electrons. The lowest BCUT2D eigenvalue weighted by atomic mass is 10.2. The van der Waals surface area contributed by atoms with Gasteiger partial charge in [-0.05, 0) is 31.5 Å². The van der Waals surface area contributed by atoms with Crippen LogP contribution in [0, 0.1) is 6.92 Å². The molecule has 0 spiro atoms. The molecule has 2 amide bonds. The van der Waals surface area contributed by atoms with Gasteiger partial charge < -0.3 is 4.90 Å². The highest BCUT2D eigenvalue weighted by Crippen LogP contribution is 2.23. The molecule has 1 aromatic rings. The third-order valence-electron chi connectivity index (χ3n) is 3.17. The zero-order chi connectivity index (χ0) is 16.0. The van der Waals surface area contributed by atoms with Crippen LogP contribution in [0.1, 0.15) is 33.5 Å². The fourth-order valence-corrected chi connectivity index (χ4v) is 2.90. The van der Waals surface area contributed by atoms with Crippen LogP contribution in [0.3, 0.4) is 0 Å². The fourth-order valence-electron chi connectivity index (χ4n) is 1.96. The number of rotatable bonds is 7. The monoisotopic (exact) mass is 312 g/mol. The molecule has 0 saturated heterocycles. The maximum Gasteiger partial charge on any atom is 0.275 e. The van der Waals surface area contributed by atoms with Crippen molar-refractivity contribution in [1.29, 1.82) is 0 Å². The van der Waals surface area contributed by atoms with Crippen molar-refractivity contribution in [2.75, 3.05) is 27.2 Å². The lowest BCUT2D eigenvalue weighted by molar-refractivity contribution is -0.130. The third-order valence-corrected chi connectivity index (χ3v) is 4.26. The van der Waals surface area contributed by atoms with Gasteiger partial charge in [0.1, 0.15) is 0 Å². The van der Waals surface area contributed by atoms with Crippen LogP contribution in [0.5, 0.6) is 0 Å². The highest BCUT2D eigenvalue weighted by atomic mass is 32.1. The van der Waals surface area contributed by atoms with Crippen LogP contribution in [-0.4, -0.2) is 48.8 Å². The molecule has 1 heterocycles. The molecule has 0 unspecified atom stereocenters. The van der Waals surface area contributed by atoms with Crippen LogP contribution in [0.15, 0.2) is 6.07 Å². The Bertz CT molecular complexity index is 499. The van der Waals surface area contributed by atoms with Gasteiger partial charge in [-0.25, -0.2) is 5.84 Å². The molecule has 0 saturated carbocycles. The van der Waals surface area contributed by atoms with E-state index in [4.69, 9.17) is 5.84 Å². The minimum absolute atomic E-state index is 0.0799. The van der Waals surface area contributed by atoms with Gasteiger partial charge >= 0.3 is 0 Å². The SMILES string of the molecule is CCCN(CC(=O)N(C)C)Cc1cc(C(=O)NN)sc1C. The second-order valence-corrected chi connectivity index (χ2v) is 6.42. The van der Waals surface area contributed by atoms with E-state index in [1.807, 2.05) is 13.0 Å². The Labute approximate surface area is 129 Å². The standard InChI is InChI=1S/C14H24N4O2S/c1-5-6-18(9-13(19)17(3)4)8-11-7-12(14(20)16-15)21-10(11)2/h7H,5-6,8-9,15H2,1-4H3,(H,16,20). The molecule has 0 aliphatic rings. The topological polar surface area (TPSA) is 78.7 Å². The Kier molecular flexibility index (Phi) is 6.80. The van der Waals surface area contributed by atoms with Gasteiger partial charge in [-0.15, -0.1) is 11.3 Å². The van der Waals surface area contributed by atoms with Crippen molar-refractivity contribution >= 4 is 23.2 Å². The number of carbonyl (C=O) groups excluding carboxylic acids is 2. The summed E-state index contributed by atoms with van der Waals surface area (Å²) in [5.74, 6) is 4.96.